The van der Waals surface area contributed by atoms with Crippen molar-refractivity contribution in [3.63, 3.8) is 0 Å². The molecule has 57 heavy (non-hydrogen) atoms. The van der Waals surface area contributed by atoms with Gasteiger partial charge in [-0.1, -0.05) is 36.8 Å². The van der Waals surface area contributed by atoms with Crippen LogP contribution in [0.3, 0.4) is 0 Å². The summed E-state index contributed by atoms with van der Waals surface area (Å²) in [7, 11) is 0. The molecule has 0 aliphatic carbocycles. The number of nitrogens with one attached hydrogen (secondary N) is 3. The Morgan fingerprint density at radius 2 is 1.49 bits per heavy atom. The van der Waals surface area contributed by atoms with Gasteiger partial charge in [0.1, 0.15) is 54.5 Å². The van der Waals surface area contributed by atoms with E-state index in [-0.39, 0.29) is 56.8 Å². The van der Waals surface area contributed by atoms with Gasteiger partial charge in [-0.2, -0.15) is 0 Å². The third kappa shape index (κ3) is 9.77. The number of carbonyl (C=O) groups excluding carboxylic acids is 7. The summed E-state index contributed by atoms with van der Waals surface area (Å²) >= 11 is 0. The van der Waals surface area contributed by atoms with Crippen molar-refractivity contribution in [3.05, 3.63) is 70.8 Å². The minimum Gasteiger partial charge on any atom is -0.461 e. The van der Waals surface area contributed by atoms with Crippen LogP contribution in [0.4, 0.5) is 8.78 Å². The Morgan fingerprint density at radius 1 is 0.825 bits per heavy atom. The van der Waals surface area contributed by atoms with Gasteiger partial charge in [0, 0.05) is 32.1 Å². The molecule has 6 rings (SSSR count). The van der Waals surface area contributed by atoms with Crippen molar-refractivity contribution in [1.29, 1.82) is 0 Å². The fourth-order valence-electron chi connectivity index (χ4n) is 8.30. The van der Waals surface area contributed by atoms with Crippen molar-refractivity contribution in [2.75, 3.05) is 26.2 Å². The molecule has 14 nitrogen and oxygen atoms in total. The molecule has 0 aromatic heterocycles. The van der Waals surface area contributed by atoms with Crippen LogP contribution in [0.25, 0.3) is 0 Å². The monoisotopic (exact) mass is 792 g/mol. The summed E-state index contributed by atoms with van der Waals surface area (Å²) in [6, 6.07) is 2.97. The summed E-state index contributed by atoms with van der Waals surface area (Å²) in [5.41, 5.74) is 1.68. The highest BCUT2D eigenvalue weighted by atomic mass is 19.1. The average molecular weight is 793 g/mol. The van der Waals surface area contributed by atoms with Crippen LogP contribution < -0.4 is 16.0 Å². The lowest BCUT2D eigenvalue weighted by atomic mass is 9.99. The molecule has 0 bridgehead atoms. The number of ether oxygens (including phenoxy) is 1. The van der Waals surface area contributed by atoms with E-state index in [1.807, 2.05) is 26.0 Å². The van der Waals surface area contributed by atoms with Gasteiger partial charge in [-0.05, 0) is 81.5 Å². The highest BCUT2D eigenvalue weighted by Gasteiger charge is 2.46. The highest BCUT2D eigenvalue weighted by Crippen LogP contribution is 2.28. The first-order valence-corrected chi connectivity index (χ1v) is 19.7. The topological polar surface area (TPSA) is 175 Å². The standard InChI is InChI=1S/C41H50F2N6O8/c1-23-9-11-26(12-10-23)19-35(50)45-30(18-27-16-28(42)20-29(43)17-27)36(51)46-31-22-57-41(56)34-15-24(2)21-49(34)38(53)25(3)44-37(52)32-7-4-5-13-47(32)40(55)33-8-6-14-48(33)39(31)54/h9-12,16-17,20,24-25,30-34H,4-8,13-15,18-19,21-22H2,1-3H3,(H,44,52)(H,45,50)(H,46,51)/t24-,25+,30+,31+,32+,33+,34+/m1/s1. The molecule has 4 saturated heterocycles. The number of hydrogen-bond acceptors (Lipinski definition) is 8. The molecular weight excluding hydrogens is 742 g/mol. The van der Waals surface area contributed by atoms with E-state index in [9.17, 15) is 42.3 Å². The van der Waals surface area contributed by atoms with E-state index in [0.29, 0.717) is 37.3 Å². The van der Waals surface area contributed by atoms with Gasteiger partial charge in [-0.3, -0.25) is 28.8 Å². The maximum absolute atomic E-state index is 14.5. The maximum atomic E-state index is 14.5. The fraction of sp³-hybridized carbons (Fsp3) is 0.537. The Hall–Kier alpha value is -5.41. The first-order chi connectivity index (χ1) is 27.2. The van der Waals surface area contributed by atoms with E-state index in [0.717, 1.165) is 17.7 Å². The van der Waals surface area contributed by atoms with Crippen LogP contribution in [0, 0.1) is 24.5 Å². The quantitative estimate of drug-likeness (QED) is 0.356. The van der Waals surface area contributed by atoms with E-state index >= 15 is 0 Å². The number of rotatable bonds is 7. The van der Waals surface area contributed by atoms with E-state index in [2.05, 4.69) is 16.0 Å². The van der Waals surface area contributed by atoms with Crippen LogP contribution in [0.5, 0.6) is 0 Å². The highest BCUT2D eigenvalue weighted by molar-refractivity contribution is 5.98. The van der Waals surface area contributed by atoms with Crippen LogP contribution in [-0.2, 0) is 51.1 Å². The summed E-state index contributed by atoms with van der Waals surface area (Å²) < 4.78 is 34.3. The minimum atomic E-state index is -1.56. The van der Waals surface area contributed by atoms with Crippen LogP contribution in [-0.4, -0.2) is 119 Å². The normalized spacial score (nSPS) is 26.5. The number of esters is 1. The molecule has 0 radical (unpaired) electrons. The predicted octanol–water partition coefficient (Wildman–Crippen LogP) is 1.70. The molecule has 0 saturated carbocycles. The Kier molecular flexibility index (Phi) is 12.9. The predicted molar refractivity (Wildman–Crippen MR) is 201 cm³/mol. The lowest BCUT2D eigenvalue weighted by Gasteiger charge is -2.39. The molecule has 0 unspecified atom stereocenters. The lowest BCUT2D eigenvalue weighted by Crippen LogP contribution is -2.62. The number of hydrogen-bond donors (Lipinski definition) is 3. The number of nitrogens with zero attached hydrogens (tertiary/aromatic N) is 3. The summed E-state index contributed by atoms with van der Waals surface area (Å²) in [5.74, 6) is -6.38. The molecule has 3 N–H and O–H groups in total. The van der Waals surface area contributed by atoms with Gasteiger partial charge in [-0.25, -0.2) is 13.6 Å². The van der Waals surface area contributed by atoms with Crippen molar-refractivity contribution in [1.82, 2.24) is 30.7 Å². The van der Waals surface area contributed by atoms with Crippen molar-refractivity contribution in [2.45, 2.75) is 108 Å². The first-order valence-electron chi connectivity index (χ1n) is 19.7. The van der Waals surface area contributed by atoms with Crippen LogP contribution in [0.1, 0.15) is 69.1 Å². The fourth-order valence-corrected chi connectivity index (χ4v) is 8.30. The average Bonchev–Trinajstić information content (AvgIpc) is 3.82. The van der Waals surface area contributed by atoms with Gasteiger partial charge in [0.15, 0.2) is 0 Å². The number of amides is 6. The van der Waals surface area contributed by atoms with Gasteiger partial charge in [0.05, 0.1) is 6.42 Å². The third-order valence-corrected chi connectivity index (χ3v) is 11.2. The van der Waals surface area contributed by atoms with Crippen molar-refractivity contribution in [3.8, 4) is 0 Å². The molecular formula is C41H50F2N6O8. The summed E-state index contributed by atoms with van der Waals surface area (Å²) in [4.78, 5) is 101. The third-order valence-electron chi connectivity index (χ3n) is 11.2. The Morgan fingerprint density at radius 3 is 2.21 bits per heavy atom. The Balaban J connectivity index is 1.31. The molecule has 4 fully saturated rings. The van der Waals surface area contributed by atoms with E-state index in [1.165, 1.54) is 21.6 Å². The molecule has 2 aromatic carbocycles. The van der Waals surface area contributed by atoms with Crippen molar-refractivity contribution < 1.29 is 47.1 Å². The maximum Gasteiger partial charge on any atom is 0.328 e. The zero-order valence-corrected chi connectivity index (χ0v) is 32.4. The van der Waals surface area contributed by atoms with E-state index in [1.54, 1.807) is 12.1 Å². The van der Waals surface area contributed by atoms with Crippen molar-refractivity contribution >= 4 is 41.4 Å². The second-order valence-corrected chi connectivity index (χ2v) is 15.8. The molecule has 4 heterocycles. The second kappa shape index (κ2) is 17.8. The Bertz CT molecular complexity index is 1870. The molecule has 7 atom stereocenters. The number of carbonyl (C=O) groups is 7. The number of benzene rings is 2. The SMILES string of the molecule is Cc1ccc(CC(=O)N[C@@H](Cc2cc(F)cc(F)c2)C(=O)N[C@H]2COC(=O)[C@@H]3C[C@@H](C)CN3C(=O)[C@H](C)NC(=O)[C@@H]3CCCCN3C(=O)[C@@H]3CCCN3C2=O)cc1. The molecule has 4 aliphatic rings. The van der Waals surface area contributed by atoms with E-state index in [4.69, 9.17) is 4.74 Å². The molecule has 6 amide bonds. The van der Waals surface area contributed by atoms with Crippen LogP contribution in [0.2, 0.25) is 0 Å². The zero-order chi connectivity index (χ0) is 41.0. The van der Waals surface area contributed by atoms with Crippen molar-refractivity contribution in [2.24, 2.45) is 5.92 Å². The van der Waals surface area contributed by atoms with E-state index < -0.39 is 95.9 Å². The lowest BCUT2D eigenvalue weighted by molar-refractivity contribution is -0.158. The van der Waals surface area contributed by atoms with Gasteiger partial charge < -0.3 is 35.4 Å². The van der Waals surface area contributed by atoms with Gasteiger partial charge >= 0.3 is 5.97 Å². The second-order valence-electron chi connectivity index (χ2n) is 15.8. The van der Waals surface area contributed by atoms with Gasteiger partial charge in [0.25, 0.3) is 0 Å². The largest absolute Gasteiger partial charge is 0.461 e. The summed E-state index contributed by atoms with van der Waals surface area (Å²) in [5, 5.41) is 8.01. The number of cyclic esters (lactones) is 1. The van der Waals surface area contributed by atoms with Gasteiger partial charge in [-0.15, -0.1) is 0 Å². The summed E-state index contributed by atoms with van der Waals surface area (Å²) in [6.07, 6.45) is 2.17. The number of halogens is 2. The smallest absolute Gasteiger partial charge is 0.328 e. The molecule has 2 aromatic rings. The molecule has 16 heteroatoms. The summed E-state index contributed by atoms with van der Waals surface area (Å²) in [6.45, 7) is 5.23. The molecule has 4 aliphatic heterocycles. The number of fused-ring (bicyclic) bond motifs is 3. The number of piperidine rings is 1. The van der Waals surface area contributed by atoms with Crippen LogP contribution in [0.15, 0.2) is 42.5 Å². The molecule has 0 spiro atoms. The molecule has 306 valence electrons. The zero-order valence-electron chi connectivity index (χ0n) is 32.4. The number of aryl methyl sites for hydroxylation is 1. The first kappa shape index (κ1) is 41.2. The Labute approximate surface area is 330 Å². The minimum absolute atomic E-state index is 0.0543. The van der Waals surface area contributed by atoms with Gasteiger partial charge in [0.2, 0.25) is 35.4 Å². The van der Waals surface area contributed by atoms with Crippen LogP contribution >= 0.6 is 0 Å².